The van der Waals surface area contributed by atoms with Gasteiger partial charge < -0.3 is 438 Å². The molecule has 150 heteroatoms. The summed E-state index contributed by atoms with van der Waals surface area (Å²) in [5.74, 6) is 0. The van der Waals surface area contributed by atoms with E-state index in [0.29, 0.717) is 0 Å². The predicted octanol–water partition coefficient (Wildman–Crippen LogP) is -9.68. The molecule has 0 fully saturated rings. The second kappa shape index (κ2) is 5440. The van der Waals surface area contributed by atoms with Gasteiger partial charge in [0.1, 0.15) is 0 Å². The van der Waals surface area contributed by atoms with Crippen LogP contribution >= 0.6 is 0 Å². The van der Waals surface area contributed by atoms with Crippen LogP contribution in [0.1, 0.15) is 0 Å². The van der Waals surface area contributed by atoms with Crippen LogP contribution in [-0.4, -0.2) is 0 Å². The number of rotatable bonds is 0. The van der Waals surface area contributed by atoms with Crippen LogP contribution in [-0.2, 0) is 1630 Å². The van der Waals surface area contributed by atoms with Crippen molar-refractivity contribution < 1.29 is 1630 Å². The molecule has 0 aromatic heterocycles. The Bertz CT molecular complexity index is 150. The molecule has 0 spiro atoms. The Hall–Kier alpha value is 33.2. The van der Waals surface area contributed by atoms with E-state index in [0.717, 1.165) is 0 Å². The van der Waals surface area contributed by atoms with Crippen LogP contribution < -0.4 is 0 Å². The van der Waals surface area contributed by atoms with Gasteiger partial charge in [-0.05, 0) is 0 Å². The standard InChI is InChI=1S/70Cu.80O/q70*+2;80*-2. The van der Waals surface area contributed by atoms with Gasteiger partial charge in [0, 0.05) is 0 Å². The smallest absolute Gasteiger partial charge is 2.00 e. The Morgan fingerprint density at radius 1 is 0.0133 bits per heavy atom. The molecule has 80 nitrogen and oxygen atoms in total. The van der Waals surface area contributed by atoms with Gasteiger partial charge >= 0.3 is 1190 Å². The van der Waals surface area contributed by atoms with Gasteiger partial charge in [-0.1, -0.05) is 0 Å². The third-order valence-corrected chi connectivity index (χ3v) is 0. The second-order valence-corrected chi connectivity index (χ2v) is 0. The Morgan fingerprint density at radius 3 is 0.0133 bits per heavy atom. The molecule has 0 aliphatic carbocycles. The summed E-state index contributed by atoms with van der Waals surface area (Å²) in [6, 6.07) is 0. The average Bonchev–Trinajstić information content (AvgIpc) is 0. The monoisotopic (exact) mass is 5680 g/mol. The van der Waals surface area contributed by atoms with Crippen molar-refractivity contribution in [3.8, 4) is 0 Å². The Balaban J connectivity index is 0. The average molecular weight is 5730 g/mol. The number of hydrogen-bond donors (Lipinski definition) is 0. The summed E-state index contributed by atoms with van der Waals surface area (Å²) < 4.78 is 0. The molecule has 0 atom stereocenters. The topological polar surface area (TPSA) is 2280 Å². The van der Waals surface area contributed by atoms with Crippen molar-refractivity contribution in [3.63, 3.8) is 0 Å². The molecule has 0 aliphatic heterocycles. The van der Waals surface area contributed by atoms with Gasteiger partial charge in [-0.25, -0.2) is 0 Å². The zero-order valence-corrected chi connectivity index (χ0v) is 120. The molecule has 150 heavy (non-hydrogen) atoms. The normalized spacial score (nSPS) is 0. The maximum Gasteiger partial charge on any atom is 2.00 e. The van der Waals surface area contributed by atoms with Gasteiger partial charge in [0.2, 0.25) is 0 Å². The molecule has 0 saturated heterocycles. The minimum absolute atomic E-state index is 0. The third-order valence-electron chi connectivity index (χ3n) is 0. The molecular formula is Cu70O80-20. The molecule has 0 bridgehead atoms. The number of hydrogen-bond acceptors (Lipinski definition) is 0. The van der Waals surface area contributed by atoms with E-state index in [1.165, 1.54) is 0 Å². The van der Waals surface area contributed by atoms with Crippen LogP contribution in [0.2, 0.25) is 0 Å². The molecule has 0 aliphatic rings. The van der Waals surface area contributed by atoms with E-state index in [1.54, 1.807) is 0 Å². The van der Waals surface area contributed by atoms with Crippen molar-refractivity contribution in [2.75, 3.05) is 0 Å². The molecule has 0 aromatic rings. The first-order valence-electron chi connectivity index (χ1n) is 0. The molecule has 0 saturated carbocycles. The summed E-state index contributed by atoms with van der Waals surface area (Å²) >= 11 is 0. The van der Waals surface area contributed by atoms with Crippen LogP contribution in [0.4, 0.5) is 0 Å². The molecule has 0 N–H and O–H groups in total. The predicted molar refractivity (Wildman–Crippen MR) is 54.9 cm³/mol. The van der Waals surface area contributed by atoms with Crippen molar-refractivity contribution in [2.24, 2.45) is 0 Å². The maximum atomic E-state index is 0. The van der Waals surface area contributed by atoms with E-state index < -0.39 is 0 Å². The molecular weight excluding hydrogens is 5730 g/mol. The SMILES string of the molecule is [Cu+2].[Cu+2].[Cu+2].[Cu+2].[Cu+2].[Cu+2].[Cu+2].[Cu+2].[Cu+2].[Cu+2].[Cu+2].[Cu+2].[Cu+2].[Cu+2].[Cu+2].[Cu+2].[Cu+2].[Cu+2].[Cu+2].[Cu+2].[Cu+2].[Cu+2].[Cu+2].[Cu+2].[Cu+2].[Cu+2].[Cu+2].[Cu+2].[Cu+2].[Cu+2].[Cu+2].[Cu+2].[Cu+2].[Cu+2].[Cu+2].[Cu+2].[Cu+2].[Cu+2].[Cu+2].[Cu+2].[Cu+2].[Cu+2].[Cu+2].[Cu+2].[Cu+2].[Cu+2].[Cu+2].[Cu+2].[Cu+2].[Cu+2].[Cu+2].[Cu+2].[Cu+2].[Cu+2].[Cu+2].[Cu+2].[Cu+2].[Cu+2].[Cu+2].[Cu+2].[Cu+2].[Cu+2].[Cu+2].[Cu+2].[Cu+2].[Cu+2].[Cu+2].[Cu+2].[Cu+2].[Cu+2].[O-2].[O-2].[O-2].[O-2].[O-2].[O-2].[O-2].[O-2].[O-2].[O-2].[O-2].[O-2].[O-2].[O-2].[O-2].[O-2].[O-2].[O-2].[O-2].[O-2].[O-2].[O-2].[O-2].[O-2].[O-2].[O-2].[O-2].[O-2].[O-2].[O-2].[O-2].[O-2].[O-2].[O-2].[O-2].[O-2].[O-2].[O-2].[O-2].[O-2].[O-2].[O-2].[O-2].[O-2].[O-2].[O-2].[O-2].[O-2].[O-2].[O-2].[O-2].[O-2].[O-2].[O-2].[O-2].[O-2].[O-2].[O-2].[O-2].[O-2].[O-2].[O-2].[O-2].[O-2].[O-2].[O-2].[O-2].[O-2].[O-2].[O-2].[O-2].[O-2].[O-2].[O-2].[O-2].[O-2].[O-2].[O-2].[O-2].[O-2]. The van der Waals surface area contributed by atoms with Gasteiger partial charge in [0.15, 0.2) is 0 Å². The minimum atomic E-state index is 0. The first-order valence-corrected chi connectivity index (χ1v) is 0. The first kappa shape index (κ1) is 5530. The van der Waals surface area contributed by atoms with Gasteiger partial charge in [0.25, 0.3) is 0 Å². The summed E-state index contributed by atoms with van der Waals surface area (Å²) in [5, 5.41) is 0. The quantitative estimate of drug-likeness (QED) is 0.204. The van der Waals surface area contributed by atoms with E-state index in [1.807, 2.05) is 0 Å². The van der Waals surface area contributed by atoms with Crippen molar-refractivity contribution in [2.45, 2.75) is 0 Å². The largest absolute Gasteiger partial charge is 2.00 e. The summed E-state index contributed by atoms with van der Waals surface area (Å²) in [4.78, 5) is 0. The zero-order chi connectivity index (χ0) is 0. The van der Waals surface area contributed by atoms with E-state index in [2.05, 4.69) is 0 Å². The van der Waals surface area contributed by atoms with Crippen molar-refractivity contribution in [3.05, 3.63) is 0 Å². The van der Waals surface area contributed by atoms with Crippen LogP contribution in [0.3, 0.4) is 0 Å². The van der Waals surface area contributed by atoms with Crippen LogP contribution in [0.25, 0.3) is 0 Å². The molecule has 0 heterocycles. The summed E-state index contributed by atoms with van der Waals surface area (Å²) in [6.07, 6.45) is 0. The fourth-order valence-electron chi connectivity index (χ4n) is 0. The van der Waals surface area contributed by atoms with Gasteiger partial charge in [-0.15, -0.1) is 0 Å². The Kier molecular flexibility index (Phi) is 200000. The Labute approximate surface area is 1600 Å². The van der Waals surface area contributed by atoms with Crippen molar-refractivity contribution >= 4 is 0 Å². The van der Waals surface area contributed by atoms with E-state index in [4.69, 9.17) is 0 Å². The molecule has 0 aromatic carbocycles. The Morgan fingerprint density at radius 2 is 0.0133 bits per heavy atom. The van der Waals surface area contributed by atoms with E-state index in [9.17, 15) is 0 Å². The molecule has 1270 valence electrons. The van der Waals surface area contributed by atoms with Crippen LogP contribution in [0.5, 0.6) is 0 Å². The minimum Gasteiger partial charge on any atom is -2.00 e. The molecule has 0 amide bonds. The zero-order valence-electron chi connectivity index (χ0n) is 53.8. The fraction of sp³-hybridized carbons (Fsp3) is 0. The van der Waals surface area contributed by atoms with E-state index in [-0.39, 0.29) is 1630 Å². The second-order valence-electron chi connectivity index (χ2n) is 0. The van der Waals surface area contributed by atoms with Gasteiger partial charge in [-0.3, -0.25) is 0 Å². The van der Waals surface area contributed by atoms with Crippen LogP contribution in [0, 0.1) is 0 Å². The summed E-state index contributed by atoms with van der Waals surface area (Å²) in [7, 11) is 0. The summed E-state index contributed by atoms with van der Waals surface area (Å²) in [6.45, 7) is 0. The maximum absolute atomic E-state index is 0. The van der Waals surface area contributed by atoms with Gasteiger partial charge in [0.05, 0.1) is 0 Å². The third kappa shape index (κ3) is 5350. The summed E-state index contributed by atoms with van der Waals surface area (Å²) in [5.41, 5.74) is 0. The first-order chi connectivity index (χ1) is 0. The molecule has 70 radical (unpaired) electrons. The molecule has 0 unspecified atom stereocenters. The van der Waals surface area contributed by atoms with Crippen molar-refractivity contribution in [1.29, 1.82) is 0 Å². The van der Waals surface area contributed by atoms with Gasteiger partial charge in [-0.2, -0.15) is 0 Å². The van der Waals surface area contributed by atoms with E-state index >= 15 is 0 Å². The van der Waals surface area contributed by atoms with Crippen LogP contribution in [0.15, 0.2) is 0 Å². The van der Waals surface area contributed by atoms with Crippen molar-refractivity contribution in [1.82, 2.24) is 0 Å². The fourth-order valence-corrected chi connectivity index (χ4v) is 0. The molecule has 0 rings (SSSR count).